The Kier molecular flexibility index (Phi) is 5.21. The van der Waals surface area contributed by atoms with Crippen LogP contribution in [0.1, 0.15) is 34.3 Å². The van der Waals surface area contributed by atoms with Gasteiger partial charge in [-0.2, -0.15) is 13.2 Å². The molecule has 2 aromatic rings. The van der Waals surface area contributed by atoms with Crippen LogP contribution in [0.25, 0.3) is 0 Å². The maximum Gasteiger partial charge on any atom is 0.416 e. The molecule has 0 spiro atoms. The lowest BCUT2D eigenvalue weighted by atomic mass is 10.1. The highest BCUT2D eigenvalue weighted by Crippen LogP contribution is 2.30. The Labute approximate surface area is 155 Å². The number of alkyl halides is 3. The zero-order chi connectivity index (χ0) is 19.6. The van der Waals surface area contributed by atoms with Gasteiger partial charge in [0.1, 0.15) is 0 Å². The normalized spacial score (nSPS) is 14.5. The first-order valence-corrected chi connectivity index (χ1v) is 8.58. The van der Waals surface area contributed by atoms with Crippen LogP contribution < -0.4 is 4.90 Å². The fourth-order valence-electron chi connectivity index (χ4n) is 3.12. The molecule has 2 amide bonds. The molecule has 0 aromatic heterocycles. The van der Waals surface area contributed by atoms with Crippen LogP contribution in [0.15, 0.2) is 48.5 Å². The van der Waals surface area contributed by atoms with Crippen molar-refractivity contribution in [2.75, 3.05) is 18.5 Å². The number of carbonyl (C=O) groups excluding carboxylic acids is 2. The second kappa shape index (κ2) is 7.42. The topological polar surface area (TPSA) is 40.6 Å². The zero-order valence-electron chi connectivity index (χ0n) is 14.8. The number of benzene rings is 2. The third-order valence-corrected chi connectivity index (χ3v) is 4.52. The summed E-state index contributed by atoms with van der Waals surface area (Å²) in [7, 11) is 1.54. The van der Waals surface area contributed by atoms with Crippen molar-refractivity contribution in [3.05, 3.63) is 65.2 Å². The molecule has 0 saturated carbocycles. The minimum Gasteiger partial charge on any atom is -0.337 e. The second-order valence-electron chi connectivity index (χ2n) is 6.56. The summed E-state index contributed by atoms with van der Waals surface area (Å²) in [6, 6.07) is 11.6. The first-order valence-electron chi connectivity index (χ1n) is 8.58. The average molecular weight is 376 g/mol. The predicted octanol–water partition coefficient (Wildman–Crippen LogP) is 4.10. The number of rotatable bonds is 4. The Morgan fingerprint density at radius 2 is 1.85 bits per heavy atom. The summed E-state index contributed by atoms with van der Waals surface area (Å²) < 4.78 is 38.4. The van der Waals surface area contributed by atoms with Gasteiger partial charge in [0.05, 0.1) is 5.56 Å². The van der Waals surface area contributed by atoms with Crippen LogP contribution in [0.2, 0.25) is 0 Å². The van der Waals surface area contributed by atoms with Crippen LogP contribution in [-0.2, 0) is 17.5 Å². The highest BCUT2D eigenvalue weighted by molar-refractivity contribution is 5.97. The molecule has 0 bridgehead atoms. The van der Waals surface area contributed by atoms with Crippen molar-refractivity contribution in [1.82, 2.24) is 4.90 Å². The Balaban J connectivity index is 1.69. The SMILES string of the molecule is CN(Cc1cccc(C(F)(F)F)c1)C(=O)c1ccc(N2CCCC2=O)cc1. The molecule has 0 atom stereocenters. The van der Waals surface area contributed by atoms with E-state index in [2.05, 4.69) is 0 Å². The number of anilines is 1. The van der Waals surface area contributed by atoms with Gasteiger partial charge >= 0.3 is 6.18 Å². The van der Waals surface area contributed by atoms with E-state index in [1.807, 2.05) is 0 Å². The molecule has 0 radical (unpaired) electrons. The third kappa shape index (κ3) is 4.30. The van der Waals surface area contributed by atoms with E-state index in [1.54, 1.807) is 42.3 Å². The number of hydrogen-bond acceptors (Lipinski definition) is 2. The molecule has 0 aliphatic carbocycles. The van der Waals surface area contributed by atoms with Crippen LogP contribution in [-0.4, -0.2) is 30.3 Å². The Hall–Kier alpha value is -2.83. The van der Waals surface area contributed by atoms with Crippen molar-refractivity contribution in [1.29, 1.82) is 0 Å². The molecule has 0 N–H and O–H groups in total. The molecule has 1 fully saturated rings. The van der Waals surface area contributed by atoms with Gasteiger partial charge in [0, 0.05) is 37.8 Å². The van der Waals surface area contributed by atoms with Crippen molar-refractivity contribution < 1.29 is 22.8 Å². The summed E-state index contributed by atoms with van der Waals surface area (Å²) in [6.07, 6.45) is -3.07. The second-order valence-corrected chi connectivity index (χ2v) is 6.56. The monoisotopic (exact) mass is 376 g/mol. The molecule has 1 aliphatic heterocycles. The van der Waals surface area contributed by atoms with E-state index in [1.165, 1.54) is 11.0 Å². The van der Waals surface area contributed by atoms with Crippen LogP contribution in [0.4, 0.5) is 18.9 Å². The summed E-state index contributed by atoms with van der Waals surface area (Å²) in [5, 5.41) is 0. The molecule has 2 aromatic carbocycles. The van der Waals surface area contributed by atoms with E-state index < -0.39 is 11.7 Å². The molecule has 3 rings (SSSR count). The predicted molar refractivity (Wildman–Crippen MR) is 95.3 cm³/mol. The zero-order valence-corrected chi connectivity index (χ0v) is 14.8. The van der Waals surface area contributed by atoms with Gasteiger partial charge in [0.25, 0.3) is 5.91 Å². The highest BCUT2D eigenvalue weighted by Gasteiger charge is 2.30. The van der Waals surface area contributed by atoms with Crippen molar-refractivity contribution in [3.8, 4) is 0 Å². The summed E-state index contributed by atoms with van der Waals surface area (Å²) in [6.45, 7) is 0.733. The van der Waals surface area contributed by atoms with Crippen LogP contribution in [0.3, 0.4) is 0 Å². The number of amides is 2. The largest absolute Gasteiger partial charge is 0.416 e. The fraction of sp³-hybridized carbons (Fsp3) is 0.300. The van der Waals surface area contributed by atoms with E-state index >= 15 is 0 Å². The van der Waals surface area contributed by atoms with Gasteiger partial charge in [-0.05, 0) is 48.4 Å². The van der Waals surface area contributed by atoms with Gasteiger partial charge in [-0.25, -0.2) is 0 Å². The minimum atomic E-state index is -4.42. The molecule has 1 aliphatic rings. The number of carbonyl (C=O) groups is 2. The summed E-state index contributed by atoms with van der Waals surface area (Å²) in [4.78, 5) is 27.4. The molecular formula is C20H19F3N2O2. The van der Waals surface area contributed by atoms with E-state index in [-0.39, 0.29) is 18.4 Å². The maximum atomic E-state index is 12.8. The fourth-order valence-corrected chi connectivity index (χ4v) is 3.12. The van der Waals surface area contributed by atoms with Gasteiger partial charge in [-0.1, -0.05) is 12.1 Å². The molecular weight excluding hydrogens is 357 g/mol. The number of nitrogens with zero attached hydrogens (tertiary/aromatic N) is 2. The van der Waals surface area contributed by atoms with Crippen molar-refractivity contribution in [3.63, 3.8) is 0 Å². The average Bonchev–Trinajstić information content (AvgIpc) is 3.06. The quantitative estimate of drug-likeness (QED) is 0.806. The number of hydrogen-bond donors (Lipinski definition) is 0. The lowest BCUT2D eigenvalue weighted by Crippen LogP contribution is -2.27. The van der Waals surface area contributed by atoms with Gasteiger partial charge < -0.3 is 9.80 Å². The summed E-state index contributed by atoms with van der Waals surface area (Å²) >= 11 is 0. The van der Waals surface area contributed by atoms with Gasteiger partial charge in [-0.15, -0.1) is 0 Å². The van der Waals surface area contributed by atoms with E-state index in [0.717, 1.165) is 24.2 Å². The molecule has 7 heteroatoms. The number of halogens is 3. The molecule has 27 heavy (non-hydrogen) atoms. The lowest BCUT2D eigenvalue weighted by molar-refractivity contribution is -0.137. The standard InChI is InChI=1S/C20H19F3N2O2/c1-24(13-14-4-2-5-16(12-14)20(21,22)23)19(27)15-7-9-17(10-8-15)25-11-3-6-18(25)26/h2,4-5,7-10,12H,3,6,11,13H2,1H3. The Morgan fingerprint density at radius 3 is 2.44 bits per heavy atom. The maximum absolute atomic E-state index is 12.8. The highest BCUT2D eigenvalue weighted by atomic mass is 19.4. The molecule has 1 saturated heterocycles. The molecule has 1 heterocycles. The Bertz CT molecular complexity index is 847. The van der Waals surface area contributed by atoms with E-state index in [9.17, 15) is 22.8 Å². The van der Waals surface area contributed by atoms with Crippen molar-refractivity contribution >= 4 is 17.5 Å². The van der Waals surface area contributed by atoms with E-state index in [4.69, 9.17) is 0 Å². The smallest absolute Gasteiger partial charge is 0.337 e. The first kappa shape index (κ1) is 18.9. The molecule has 142 valence electrons. The van der Waals surface area contributed by atoms with Crippen LogP contribution in [0.5, 0.6) is 0 Å². The Morgan fingerprint density at radius 1 is 1.15 bits per heavy atom. The first-order chi connectivity index (χ1) is 12.8. The van der Waals surface area contributed by atoms with Crippen LogP contribution in [0, 0.1) is 0 Å². The third-order valence-electron chi connectivity index (χ3n) is 4.52. The van der Waals surface area contributed by atoms with Gasteiger partial charge in [-0.3, -0.25) is 9.59 Å². The molecule has 0 unspecified atom stereocenters. The van der Waals surface area contributed by atoms with Crippen molar-refractivity contribution in [2.45, 2.75) is 25.6 Å². The molecule has 4 nitrogen and oxygen atoms in total. The van der Waals surface area contributed by atoms with Crippen LogP contribution >= 0.6 is 0 Å². The summed E-state index contributed by atoms with van der Waals surface area (Å²) in [5.74, 6) is -0.234. The van der Waals surface area contributed by atoms with Gasteiger partial charge in [0.2, 0.25) is 5.91 Å². The van der Waals surface area contributed by atoms with Crippen molar-refractivity contribution in [2.24, 2.45) is 0 Å². The lowest BCUT2D eigenvalue weighted by Gasteiger charge is -2.19. The van der Waals surface area contributed by atoms with E-state index in [0.29, 0.717) is 24.1 Å². The summed E-state index contributed by atoms with van der Waals surface area (Å²) in [5.41, 5.74) is 0.829. The van der Waals surface area contributed by atoms with Gasteiger partial charge in [0.15, 0.2) is 0 Å². The minimum absolute atomic E-state index is 0.0646.